The zero-order chi connectivity index (χ0) is 15.1. The molecule has 2 atom stereocenters. The smallest absolute Gasteiger partial charge is 0.308 e. The minimum absolute atomic E-state index is 0.0919. The molecule has 0 radical (unpaired) electrons. The summed E-state index contributed by atoms with van der Waals surface area (Å²) < 4.78 is 4.71. The molecule has 0 aromatic carbocycles. The quantitative estimate of drug-likeness (QED) is 0.773. The molecular formula is C14H21NO5. The summed E-state index contributed by atoms with van der Waals surface area (Å²) in [6.45, 7) is 4.63. The number of amides is 1. The second-order valence-corrected chi connectivity index (χ2v) is 6.24. The number of carboxylic acids is 1. The molecule has 1 heterocycles. The molecule has 0 aromatic heterocycles. The van der Waals surface area contributed by atoms with Crippen molar-refractivity contribution in [3.8, 4) is 0 Å². The summed E-state index contributed by atoms with van der Waals surface area (Å²) in [6, 6.07) is 0. The Hall–Kier alpha value is -1.59. The highest BCUT2D eigenvalue weighted by Crippen LogP contribution is 2.59. The lowest BCUT2D eigenvalue weighted by Crippen LogP contribution is -2.42. The van der Waals surface area contributed by atoms with E-state index >= 15 is 0 Å². The number of carbonyl (C=O) groups is 3. The SMILES string of the molecule is COC(=O)C1CCN(C(=O)C2C(C(=O)O)C2(C)C)CC1. The van der Waals surface area contributed by atoms with Crippen LogP contribution < -0.4 is 0 Å². The van der Waals surface area contributed by atoms with Gasteiger partial charge in [-0.15, -0.1) is 0 Å². The monoisotopic (exact) mass is 283 g/mol. The summed E-state index contributed by atoms with van der Waals surface area (Å²) in [5, 5.41) is 9.12. The maximum atomic E-state index is 12.4. The van der Waals surface area contributed by atoms with E-state index in [0.29, 0.717) is 25.9 Å². The molecule has 2 aliphatic rings. The highest BCUT2D eigenvalue weighted by atomic mass is 16.5. The third-order valence-corrected chi connectivity index (χ3v) is 4.70. The van der Waals surface area contributed by atoms with Crippen molar-refractivity contribution in [3.05, 3.63) is 0 Å². The van der Waals surface area contributed by atoms with Crippen LogP contribution >= 0.6 is 0 Å². The van der Waals surface area contributed by atoms with Crippen molar-refractivity contribution in [2.45, 2.75) is 26.7 Å². The van der Waals surface area contributed by atoms with Gasteiger partial charge in [0.15, 0.2) is 0 Å². The first-order valence-corrected chi connectivity index (χ1v) is 6.90. The van der Waals surface area contributed by atoms with Gasteiger partial charge < -0.3 is 14.7 Å². The molecule has 2 rings (SSSR count). The minimum Gasteiger partial charge on any atom is -0.481 e. The fourth-order valence-electron chi connectivity index (χ4n) is 3.26. The van der Waals surface area contributed by atoms with E-state index in [4.69, 9.17) is 9.84 Å². The summed E-state index contributed by atoms with van der Waals surface area (Å²) in [6.07, 6.45) is 1.17. The molecular weight excluding hydrogens is 262 g/mol. The van der Waals surface area contributed by atoms with Gasteiger partial charge in [0.05, 0.1) is 24.9 Å². The molecule has 2 unspecified atom stereocenters. The largest absolute Gasteiger partial charge is 0.481 e. The van der Waals surface area contributed by atoms with Crippen LogP contribution in [0.2, 0.25) is 0 Å². The van der Waals surface area contributed by atoms with Crippen LogP contribution in [0.3, 0.4) is 0 Å². The van der Waals surface area contributed by atoms with Crippen LogP contribution in [0.4, 0.5) is 0 Å². The first-order chi connectivity index (χ1) is 9.30. The van der Waals surface area contributed by atoms with Crippen molar-refractivity contribution >= 4 is 17.8 Å². The van der Waals surface area contributed by atoms with E-state index in [2.05, 4.69) is 0 Å². The number of methoxy groups -OCH3 is 1. The third kappa shape index (κ3) is 2.39. The Kier molecular flexibility index (Phi) is 3.75. The maximum Gasteiger partial charge on any atom is 0.308 e. The molecule has 1 aliphatic carbocycles. The maximum absolute atomic E-state index is 12.4. The van der Waals surface area contributed by atoms with Crippen LogP contribution in [0.15, 0.2) is 0 Å². The molecule has 6 heteroatoms. The Morgan fingerprint density at radius 1 is 1.15 bits per heavy atom. The van der Waals surface area contributed by atoms with Gasteiger partial charge in [-0.3, -0.25) is 14.4 Å². The van der Waals surface area contributed by atoms with Crippen molar-refractivity contribution in [2.24, 2.45) is 23.2 Å². The van der Waals surface area contributed by atoms with Crippen molar-refractivity contribution in [1.82, 2.24) is 4.90 Å². The zero-order valence-electron chi connectivity index (χ0n) is 12.1. The normalized spacial score (nSPS) is 28.9. The molecule has 1 amide bonds. The van der Waals surface area contributed by atoms with Gasteiger partial charge in [0.25, 0.3) is 0 Å². The summed E-state index contributed by atoms with van der Waals surface area (Å²) >= 11 is 0. The standard InChI is InChI=1S/C14H21NO5/c1-14(2)9(10(14)12(17)18)11(16)15-6-4-8(5-7-15)13(19)20-3/h8-10H,4-7H2,1-3H3,(H,17,18). The number of piperidine rings is 1. The number of nitrogens with zero attached hydrogens (tertiary/aromatic N) is 1. The van der Waals surface area contributed by atoms with Gasteiger partial charge in [-0.05, 0) is 18.3 Å². The number of likely N-dealkylation sites (tertiary alicyclic amines) is 1. The molecule has 1 N–H and O–H groups in total. The molecule has 112 valence electrons. The van der Waals surface area contributed by atoms with E-state index in [0.717, 1.165) is 0 Å². The summed E-state index contributed by atoms with van der Waals surface area (Å²) in [7, 11) is 1.37. The fourth-order valence-corrected chi connectivity index (χ4v) is 3.26. The zero-order valence-corrected chi connectivity index (χ0v) is 12.1. The summed E-state index contributed by atoms with van der Waals surface area (Å²) in [5.74, 6) is -2.40. The number of ether oxygens (including phenoxy) is 1. The Morgan fingerprint density at radius 3 is 2.10 bits per heavy atom. The Labute approximate surface area is 118 Å². The van der Waals surface area contributed by atoms with E-state index in [9.17, 15) is 14.4 Å². The lowest BCUT2D eigenvalue weighted by atomic mass is 9.96. The molecule has 0 aromatic rings. The van der Waals surface area contributed by atoms with E-state index in [1.807, 2.05) is 13.8 Å². The average molecular weight is 283 g/mol. The number of hydrogen-bond acceptors (Lipinski definition) is 4. The van der Waals surface area contributed by atoms with E-state index < -0.39 is 23.2 Å². The van der Waals surface area contributed by atoms with Crippen LogP contribution in [0.25, 0.3) is 0 Å². The van der Waals surface area contributed by atoms with Crippen LogP contribution in [0.1, 0.15) is 26.7 Å². The van der Waals surface area contributed by atoms with Gasteiger partial charge >= 0.3 is 11.9 Å². The predicted octanol–water partition coefficient (Wildman–Crippen LogP) is 0.755. The van der Waals surface area contributed by atoms with Crippen molar-refractivity contribution < 1.29 is 24.2 Å². The predicted molar refractivity (Wildman–Crippen MR) is 69.7 cm³/mol. The molecule has 6 nitrogen and oxygen atoms in total. The number of rotatable bonds is 3. The topological polar surface area (TPSA) is 83.9 Å². The summed E-state index contributed by atoms with van der Waals surface area (Å²) in [4.78, 5) is 36.6. The summed E-state index contributed by atoms with van der Waals surface area (Å²) in [5.41, 5.74) is -0.470. The Balaban J connectivity index is 1.93. The number of aliphatic carboxylic acids is 1. The van der Waals surface area contributed by atoms with E-state index in [1.54, 1.807) is 4.90 Å². The molecule has 1 saturated heterocycles. The van der Waals surface area contributed by atoms with Crippen LogP contribution in [-0.4, -0.2) is 48.1 Å². The van der Waals surface area contributed by atoms with Crippen molar-refractivity contribution in [3.63, 3.8) is 0 Å². The first kappa shape index (κ1) is 14.8. The van der Waals surface area contributed by atoms with Gasteiger partial charge in [-0.25, -0.2) is 0 Å². The first-order valence-electron chi connectivity index (χ1n) is 6.90. The molecule has 1 aliphatic heterocycles. The van der Waals surface area contributed by atoms with E-state index in [-0.39, 0.29) is 17.8 Å². The second-order valence-electron chi connectivity index (χ2n) is 6.24. The van der Waals surface area contributed by atoms with E-state index in [1.165, 1.54) is 7.11 Å². The highest BCUT2D eigenvalue weighted by molar-refractivity contribution is 5.91. The minimum atomic E-state index is -0.905. The van der Waals surface area contributed by atoms with Crippen molar-refractivity contribution in [2.75, 3.05) is 20.2 Å². The third-order valence-electron chi connectivity index (χ3n) is 4.70. The van der Waals surface area contributed by atoms with Gasteiger partial charge in [-0.1, -0.05) is 13.8 Å². The van der Waals surface area contributed by atoms with Crippen LogP contribution in [-0.2, 0) is 19.1 Å². The highest BCUT2D eigenvalue weighted by Gasteiger charge is 2.66. The molecule has 20 heavy (non-hydrogen) atoms. The molecule has 0 spiro atoms. The van der Waals surface area contributed by atoms with Crippen LogP contribution in [0, 0.1) is 23.2 Å². The average Bonchev–Trinajstić information content (AvgIpc) is 3.00. The van der Waals surface area contributed by atoms with Crippen LogP contribution in [0.5, 0.6) is 0 Å². The Morgan fingerprint density at radius 2 is 1.70 bits per heavy atom. The number of carboxylic acid groups (broad SMARTS) is 1. The lowest BCUT2D eigenvalue weighted by molar-refractivity contribution is -0.149. The van der Waals surface area contributed by atoms with Gasteiger partial charge in [0.2, 0.25) is 5.91 Å². The van der Waals surface area contributed by atoms with Gasteiger partial charge in [0, 0.05) is 13.1 Å². The molecule has 2 fully saturated rings. The van der Waals surface area contributed by atoms with Gasteiger partial charge in [-0.2, -0.15) is 0 Å². The van der Waals surface area contributed by atoms with Crippen molar-refractivity contribution in [1.29, 1.82) is 0 Å². The second kappa shape index (κ2) is 5.07. The van der Waals surface area contributed by atoms with Gasteiger partial charge in [0.1, 0.15) is 0 Å². The lowest BCUT2D eigenvalue weighted by Gasteiger charge is -2.31. The molecule has 0 bridgehead atoms. The number of esters is 1. The number of hydrogen-bond donors (Lipinski definition) is 1. The fraction of sp³-hybridized carbons (Fsp3) is 0.786. The molecule has 1 saturated carbocycles. The Bertz CT molecular complexity index is 437. The number of carbonyl (C=O) groups excluding carboxylic acids is 2.